The zero-order chi connectivity index (χ0) is 8.69. The first-order valence-electron chi connectivity index (χ1n) is 3.36. The largest absolute Gasteiger partial charge is 0.462 e. The Balaban J connectivity index is 3.26. The number of hydrogen-bond donors (Lipinski definition) is 2. The predicted octanol–water partition coefficient (Wildman–Crippen LogP) is -0.575. The number of carbonyl (C=O) groups excluding carboxylic acids is 1. The van der Waals surface area contributed by atoms with Crippen molar-refractivity contribution in [1.82, 2.24) is 0 Å². The molecule has 1 unspecified atom stereocenters. The Kier molecular flexibility index (Phi) is 5.42. The molecule has 0 aromatic heterocycles. The number of carbonyl (C=O) groups is 1. The molecule has 64 valence electrons. The van der Waals surface area contributed by atoms with Crippen LogP contribution in [0, 0.1) is 0 Å². The molecule has 0 heterocycles. The lowest BCUT2D eigenvalue weighted by Crippen LogP contribution is -2.26. The van der Waals surface area contributed by atoms with Gasteiger partial charge in [-0.3, -0.25) is 0 Å². The molecular formula is C7H13NO3. The van der Waals surface area contributed by atoms with Crippen molar-refractivity contribution in [3.63, 3.8) is 0 Å². The zero-order valence-corrected chi connectivity index (χ0v) is 6.32. The lowest BCUT2D eigenvalue weighted by atomic mass is 10.2. The maximum atomic E-state index is 10.4. The van der Waals surface area contributed by atoms with E-state index in [1.54, 1.807) is 0 Å². The fourth-order valence-electron chi connectivity index (χ4n) is 0.461. The van der Waals surface area contributed by atoms with Gasteiger partial charge in [0.05, 0.1) is 13.2 Å². The van der Waals surface area contributed by atoms with Gasteiger partial charge in [-0.2, -0.15) is 0 Å². The molecule has 3 N–H and O–H groups in total. The zero-order valence-electron chi connectivity index (χ0n) is 6.32. The van der Waals surface area contributed by atoms with Crippen LogP contribution in [0.5, 0.6) is 0 Å². The summed E-state index contributed by atoms with van der Waals surface area (Å²) in [4.78, 5) is 10.4. The van der Waals surface area contributed by atoms with Gasteiger partial charge in [0.25, 0.3) is 0 Å². The second-order valence-corrected chi connectivity index (χ2v) is 2.10. The van der Waals surface area contributed by atoms with Crippen LogP contribution in [-0.2, 0) is 9.53 Å². The van der Waals surface area contributed by atoms with Crippen molar-refractivity contribution in [2.45, 2.75) is 12.5 Å². The highest BCUT2D eigenvalue weighted by Crippen LogP contribution is 1.88. The van der Waals surface area contributed by atoms with E-state index in [1.807, 2.05) is 0 Å². The third-order valence-electron chi connectivity index (χ3n) is 1.13. The Morgan fingerprint density at radius 3 is 2.91 bits per heavy atom. The molecule has 0 aromatic carbocycles. The van der Waals surface area contributed by atoms with Crippen molar-refractivity contribution in [1.29, 1.82) is 0 Å². The van der Waals surface area contributed by atoms with E-state index in [-0.39, 0.29) is 19.3 Å². The van der Waals surface area contributed by atoms with Crippen LogP contribution in [0.15, 0.2) is 12.7 Å². The number of nitrogens with two attached hydrogens (primary N) is 1. The molecule has 0 saturated carbocycles. The Bertz CT molecular complexity index is 136. The third kappa shape index (κ3) is 5.57. The van der Waals surface area contributed by atoms with Gasteiger partial charge < -0.3 is 15.6 Å². The highest BCUT2D eigenvalue weighted by Gasteiger charge is 2.01. The van der Waals surface area contributed by atoms with Crippen molar-refractivity contribution >= 4 is 5.97 Å². The quantitative estimate of drug-likeness (QED) is 0.416. The van der Waals surface area contributed by atoms with Gasteiger partial charge in [-0.15, -0.1) is 0 Å². The van der Waals surface area contributed by atoms with Gasteiger partial charge in [-0.25, -0.2) is 4.79 Å². The van der Waals surface area contributed by atoms with Crippen molar-refractivity contribution < 1.29 is 14.6 Å². The molecule has 0 rings (SSSR count). The summed E-state index contributed by atoms with van der Waals surface area (Å²) < 4.78 is 4.62. The minimum atomic E-state index is -0.463. The van der Waals surface area contributed by atoms with Gasteiger partial charge in [-0.05, 0) is 6.42 Å². The molecule has 0 aromatic rings. The SMILES string of the molecule is C=CC(=O)OCCC(N)CO. The Hall–Kier alpha value is -0.870. The molecule has 1 atom stereocenters. The van der Waals surface area contributed by atoms with Crippen LogP contribution in [0.4, 0.5) is 0 Å². The summed E-state index contributed by atoms with van der Waals surface area (Å²) in [6, 6.07) is -0.312. The summed E-state index contributed by atoms with van der Waals surface area (Å²) in [6.07, 6.45) is 1.56. The smallest absolute Gasteiger partial charge is 0.330 e. The van der Waals surface area contributed by atoms with Crippen LogP contribution >= 0.6 is 0 Å². The summed E-state index contributed by atoms with van der Waals surface area (Å²) in [7, 11) is 0. The predicted molar refractivity (Wildman–Crippen MR) is 40.8 cm³/mol. The highest BCUT2D eigenvalue weighted by atomic mass is 16.5. The number of hydrogen-bond acceptors (Lipinski definition) is 4. The van der Waals surface area contributed by atoms with Gasteiger partial charge in [0.2, 0.25) is 0 Å². The van der Waals surface area contributed by atoms with Crippen LogP contribution in [0.25, 0.3) is 0 Å². The molecule has 0 aliphatic rings. The first-order valence-corrected chi connectivity index (χ1v) is 3.36. The summed E-state index contributed by atoms with van der Waals surface area (Å²) in [5, 5.41) is 8.47. The minimum Gasteiger partial charge on any atom is -0.462 e. The fraction of sp³-hybridized carbons (Fsp3) is 0.571. The second-order valence-electron chi connectivity index (χ2n) is 2.10. The van der Waals surface area contributed by atoms with Crippen LogP contribution < -0.4 is 5.73 Å². The fourth-order valence-corrected chi connectivity index (χ4v) is 0.461. The van der Waals surface area contributed by atoms with Gasteiger partial charge in [0, 0.05) is 12.1 Å². The van der Waals surface area contributed by atoms with E-state index in [4.69, 9.17) is 10.8 Å². The van der Waals surface area contributed by atoms with Gasteiger partial charge in [0.15, 0.2) is 0 Å². The van der Waals surface area contributed by atoms with Gasteiger partial charge in [0.1, 0.15) is 0 Å². The van der Waals surface area contributed by atoms with Gasteiger partial charge in [-0.1, -0.05) is 6.58 Å². The van der Waals surface area contributed by atoms with E-state index in [2.05, 4.69) is 11.3 Å². The van der Waals surface area contributed by atoms with Crippen molar-refractivity contribution in [2.24, 2.45) is 5.73 Å². The molecule has 0 radical (unpaired) electrons. The standard InChI is InChI=1S/C7H13NO3/c1-2-7(10)11-4-3-6(8)5-9/h2,6,9H,1,3-5,8H2. The number of aliphatic hydroxyl groups is 1. The van der Waals surface area contributed by atoms with Crippen molar-refractivity contribution in [3.05, 3.63) is 12.7 Å². The second kappa shape index (κ2) is 5.88. The number of esters is 1. The van der Waals surface area contributed by atoms with E-state index in [9.17, 15) is 4.79 Å². The summed E-state index contributed by atoms with van der Waals surface area (Å²) in [5.74, 6) is -0.463. The number of rotatable bonds is 5. The summed E-state index contributed by atoms with van der Waals surface area (Å²) in [6.45, 7) is 3.36. The Morgan fingerprint density at radius 2 is 2.45 bits per heavy atom. The lowest BCUT2D eigenvalue weighted by molar-refractivity contribution is -0.137. The Labute approximate surface area is 65.6 Å². The summed E-state index contributed by atoms with van der Waals surface area (Å²) >= 11 is 0. The van der Waals surface area contributed by atoms with Crippen LogP contribution in [0.1, 0.15) is 6.42 Å². The number of aliphatic hydroxyl groups excluding tert-OH is 1. The first-order chi connectivity index (χ1) is 5.20. The van der Waals surface area contributed by atoms with E-state index in [0.717, 1.165) is 6.08 Å². The molecule has 4 nitrogen and oxygen atoms in total. The molecule has 0 spiro atoms. The van der Waals surface area contributed by atoms with Crippen molar-refractivity contribution in [3.8, 4) is 0 Å². The van der Waals surface area contributed by atoms with E-state index >= 15 is 0 Å². The van der Waals surface area contributed by atoms with Crippen LogP contribution in [0.3, 0.4) is 0 Å². The Morgan fingerprint density at radius 1 is 1.82 bits per heavy atom. The molecule has 11 heavy (non-hydrogen) atoms. The molecule has 0 saturated heterocycles. The van der Waals surface area contributed by atoms with Crippen LogP contribution in [0.2, 0.25) is 0 Å². The van der Waals surface area contributed by atoms with Gasteiger partial charge >= 0.3 is 5.97 Å². The van der Waals surface area contributed by atoms with Crippen LogP contribution in [-0.4, -0.2) is 30.3 Å². The first kappa shape index (κ1) is 10.1. The maximum absolute atomic E-state index is 10.4. The van der Waals surface area contributed by atoms with E-state index in [0.29, 0.717) is 6.42 Å². The monoisotopic (exact) mass is 159 g/mol. The normalized spacial score (nSPS) is 12.2. The minimum absolute atomic E-state index is 0.0916. The average molecular weight is 159 g/mol. The maximum Gasteiger partial charge on any atom is 0.330 e. The molecule has 0 bridgehead atoms. The summed E-state index contributed by atoms with van der Waals surface area (Å²) in [5.41, 5.74) is 5.33. The third-order valence-corrected chi connectivity index (χ3v) is 1.13. The molecule has 4 heteroatoms. The van der Waals surface area contributed by atoms with E-state index < -0.39 is 5.97 Å². The lowest BCUT2D eigenvalue weighted by Gasteiger charge is -2.06. The molecule has 0 fully saturated rings. The topological polar surface area (TPSA) is 72.5 Å². The average Bonchev–Trinajstić information content (AvgIpc) is 2.04. The van der Waals surface area contributed by atoms with Crippen molar-refractivity contribution in [2.75, 3.05) is 13.2 Å². The highest BCUT2D eigenvalue weighted by molar-refractivity contribution is 5.81. The molecular weight excluding hydrogens is 146 g/mol. The molecule has 0 amide bonds. The van der Waals surface area contributed by atoms with E-state index in [1.165, 1.54) is 0 Å². The number of ether oxygens (including phenoxy) is 1. The molecule has 0 aliphatic carbocycles. The molecule has 0 aliphatic heterocycles.